The van der Waals surface area contributed by atoms with E-state index in [0.717, 1.165) is 18.4 Å². The first kappa shape index (κ1) is 13.7. The Bertz CT molecular complexity index is 311. The molecular formula is C14H22N2O. The molecule has 1 aromatic rings. The maximum absolute atomic E-state index is 11.5. The van der Waals surface area contributed by atoms with Crippen molar-refractivity contribution in [3.05, 3.63) is 30.1 Å². The average Bonchev–Trinajstić information content (AvgIpc) is 2.37. The molecule has 1 rings (SSSR count). The summed E-state index contributed by atoms with van der Waals surface area (Å²) in [6.07, 6.45) is 10.1. The first-order valence-corrected chi connectivity index (χ1v) is 6.48. The highest BCUT2D eigenvalue weighted by atomic mass is 16.1. The number of rotatable bonds is 8. The zero-order chi connectivity index (χ0) is 12.3. The molecule has 0 aliphatic heterocycles. The van der Waals surface area contributed by atoms with Gasteiger partial charge in [-0.05, 0) is 24.1 Å². The molecular weight excluding hydrogens is 212 g/mol. The quantitative estimate of drug-likeness (QED) is 0.702. The average molecular weight is 234 g/mol. The SMILES string of the molecule is CCCCCCCC(=O)NCc1ccncc1. The number of carbonyl (C=O) groups is 1. The number of hydrogen-bond acceptors (Lipinski definition) is 2. The fraction of sp³-hybridized carbons (Fsp3) is 0.571. The van der Waals surface area contributed by atoms with E-state index in [1.807, 2.05) is 12.1 Å². The van der Waals surface area contributed by atoms with Crippen molar-refractivity contribution in [2.75, 3.05) is 0 Å². The van der Waals surface area contributed by atoms with E-state index in [1.54, 1.807) is 12.4 Å². The molecule has 1 heterocycles. The van der Waals surface area contributed by atoms with Gasteiger partial charge in [0.05, 0.1) is 0 Å². The van der Waals surface area contributed by atoms with Crippen LogP contribution >= 0.6 is 0 Å². The Morgan fingerprint density at radius 3 is 2.59 bits per heavy atom. The van der Waals surface area contributed by atoms with Crippen molar-refractivity contribution in [1.29, 1.82) is 0 Å². The second-order valence-electron chi connectivity index (χ2n) is 4.30. The van der Waals surface area contributed by atoms with Gasteiger partial charge in [0, 0.05) is 25.4 Å². The molecule has 94 valence electrons. The van der Waals surface area contributed by atoms with Crippen LogP contribution < -0.4 is 5.32 Å². The van der Waals surface area contributed by atoms with Gasteiger partial charge in [-0.2, -0.15) is 0 Å². The number of unbranched alkanes of at least 4 members (excludes halogenated alkanes) is 4. The lowest BCUT2D eigenvalue weighted by atomic mass is 10.1. The molecule has 0 fully saturated rings. The van der Waals surface area contributed by atoms with Crippen molar-refractivity contribution in [2.24, 2.45) is 0 Å². The summed E-state index contributed by atoms with van der Waals surface area (Å²) in [5, 5.41) is 2.92. The highest BCUT2D eigenvalue weighted by molar-refractivity contribution is 5.75. The highest BCUT2D eigenvalue weighted by Crippen LogP contribution is 2.05. The number of carbonyl (C=O) groups excluding carboxylic acids is 1. The minimum atomic E-state index is 0.151. The second kappa shape index (κ2) is 8.74. The van der Waals surface area contributed by atoms with Crippen molar-refractivity contribution in [2.45, 2.75) is 52.0 Å². The summed E-state index contributed by atoms with van der Waals surface area (Å²) in [5.74, 6) is 0.151. The molecule has 0 aliphatic carbocycles. The second-order valence-corrected chi connectivity index (χ2v) is 4.30. The standard InChI is InChI=1S/C14H22N2O/c1-2-3-4-5-6-7-14(17)16-12-13-8-10-15-11-9-13/h8-11H,2-7,12H2,1H3,(H,16,17). The van der Waals surface area contributed by atoms with E-state index in [4.69, 9.17) is 0 Å². The Balaban J connectivity index is 2.05. The largest absolute Gasteiger partial charge is 0.352 e. The van der Waals surface area contributed by atoms with Crippen LogP contribution in [0.15, 0.2) is 24.5 Å². The fourth-order valence-electron chi connectivity index (χ4n) is 1.68. The van der Waals surface area contributed by atoms with Gasteiger partial charge in [-0.15, -0.1) is 0 Å². The van der Waals surface area contributed by atoms with Crippen LogP contribution in [0.3, 0.4) is 0 Å². The first-order valence-electron chi connectivity index (χ1n) is 6.48. The minimum absolute atomic E-state index is 0.151. The third kappa shape index (κ3) is 6.72. The van der Waals surface area contributed by atoms with Gasteiger partial charge in [0.25, 0.3) is 0 Å². The summed E-state index contributed by atoms with van der Waals surface area (Å²) < 4.78 is 0. The van der Waals surface area contributed by atoms with Crippen molar-refractivity contribution < 1.29 is 4.79 Å². The summed E-state index contributed by atoms with van der Waals surface area (Å²) >= 11 is 0. The van der Waals surface area contributed by atoms with E-state index in [2.05, 4.69) is 17.2 Å². The maximum Gasteiger partial charge on any atom is 0.220 e. The first-order chi connectivity index (χ1) is 8.33. The van der Waals surface area contributed by atoms with Crippen LogP contribution in [0.2, 0.25) is 0 Å². The molecule has 0 saturated heterocycles. The Labute approximate surface area is 104 Å². The van der Waals surface area contributed by atoms with Gasteiger partial charge in [-0.25, -0.2) is 0 Å². The lowest BCUT2D eigenvalue weighted by molar-refractivity contribution is -0.121. The number of nitrogens with zero attached hydrogens (tertiary/aromatic N) is 1. The molecule has 0 saturated carbocycles. The lowest BCUT2D eigenvalue weighted by Crippen LogP contribution is -2.22. The van der Waals surface area contributed by atoms with Gasteiger partial charge < -0.3 is 5.32 Å². The minimum Gasteiger partial charge on any atom is -0.352 e. The molecule has 0 unspecified atom stereocenters. The molecule has 0 aromatic carbocycles. The van der Waals surface area contributed by atoms with Crippen LogP contribution in [0.4, 0.5) is 0 Å². The van der Waals surface area contributed by atoms with Gasteiger partial charge in [0.15, 0.2) is 0 Å². The fourth-order valence-corrected chi connectivity index (χ4v) is 1.68. The summed E-state index contributed by atoms with van der Waals surface area (Å²) in [4.78, 5) is 15.5. The molecule has 3 heteroatoms. The summed E-state index contributed by atoms with van der Waals surface area (Å²) in [6.45, 7) is 2.80. The van der Waals surface area contributed by atoms with E-state index in [9.17, 15) is 4.79 Å². The topological polar surface area (TPSA) is 42.0 Å². The Morgan fingerprint density at radius 1 is 1.18 bits per heavy atom. The van der Waals surface area contributed by atoms with Gasteiger partial charge in [0.1, 0.15) is 0 Å². The summed E-state index contributed by atoms with van der Waals surface area (Å²) in [6, 6.07) is 3.84. The zero-order valence-electron chi connectivity index (χ0n) is 10.6. The van der Waals surface area contributed by atoms with Crippen LogP contribution in [-0.4, -0.2) is 10.9 Å². The van der Waals surface area contributed by atoms with E-state index in [0.29, 0.717) is 13.0 Å². The molecule has 0 aliphatic rings. The molecule has 0 atom stereocenters. The molecule has 1 aromatic heterocycles. The van der Waals surface area contributed by atoms with E-state index in [1.165, 1.54) is 19.3 Å². The maximum atomic E-state index is 11.5. The summed E-state index contributed by atoms with van der Waals surface area (Å²) in [5.41, 5.74) is 1.10. The molecule has 1 N–H and O–H groups in total. The molecule has 0 bridgehead atoms. The van der Waals surface area contributed by atoms with Crippen LogP contribution in [0, 0.1) is 0 Å². The third-order valence-electron chi connectivity index (χ3n) is 2.75. The van der Waals surface area contributed by atoms with Crippen molar-refractivity contribution in [3.8, 4) is 0 Å². The van der Waals surface area contributed by atoms with Crippen molar-refractivity contribution in [3.63, 3.8) is 0 Å². The van der Waals surface area contributed by atoms with Crippen LogP contribution in [0.5, 0.6) is 0 Å². The zero-order valence-corrected chi connectivity index (χ0v) is 10.6. The smallest absolute Gasteiger partial charge is 0.220 e. The van der Waals surface area contributed by atoms with Gasteiger partial charge in [-0.3, -0.25) is 9.78 Å². The highest BCUT2D eigenvalue weighted by Gasteiger charge is 2.00. The van der Waals surface area contributed by atoms with Gasteiger partial charge in [-0.1, -0.05) is 32.6 Å². The normalized spacial score (nSPS) is 10.2. The Kier molecular flexibility index (Phi) is 7.03. The van der Waals surface area contributed by atoms with Crippen molar-refractivity contribution in [1.82, 2.24) is 10.3 Å². The predicted molar refractivity (Wildman–Crippen MR) is 69.5 cm³/mol. The molecule has 3 nitrogen and oxygen atoms in total. The lowest BCUT2D eigenvalue weighted by Gasteiger charge is -2.04. The van der Waals surface area contributed by atoms with E-state index < -0.39 is 0 Å². The third-order valence-corrected chi connectivity index (χ3v) is 2.75. The molecule has 0 radical (unpaired) electrons. The molecule has 1 amide bonds. The van der Waals surface area contributed by atoms with Crippen LogP contribution in [-0.2, 0) is 11.3 Å². The predicted octanol–water partition coefficient (Wildman–Crippen LogP) is 3.06. The van der Waals surface area contributed by atoms with Crippen molar-refractivity contribution >= 4 is 5.91 Å². The Hall–Kier alpha value is -1.38. The van der Waals surface area contributed by atoms with Gasteiger partial charge in [0.2, 0.25) is 5.91 Å². The number of nitrogens with one attached hydrogen (secondary N) is 1. The van der Waals surface area contributed by atoms with Crippen LogP contribution in [0.25, 0.3) is 0 Å². The molecule has 0 spiro atoms. The Morgan fingerprint density at radius 2 is 1.88 bits per heavy atom. The number of aromatic nitrogens is 1. The molecule has 17 heavy (non-hydrogen) atoms. The van der Waals surface area contributed by atoms with Gasteiger partial charge >= 0.3 is 0 Å². The van der Waals surface area contributed by atoms with E-state index in [-0.39, 0.29) is 5.91 Å². The van der Waals surface area contributed by atoms with Crippen LogP contribution in [0.1, 0.15) is 51.0 Å². The monoisotopic (exact) mass is 234 g/mol. The van der Waals surface area contributed by atoms with E-state index >= 15 is 0 Å². The summed E-state index contributed by atoms with van der Waals surface area (Å²) in [7, 11) is 0. The number of pyridine rings is 1. The number of amides is 1. The number of hydrogen-bond donors (Lipinski definition) is 1.